The minimum Gasteiger partial charge on any atom is -0.490 e. The first-order valence-electron chi connectivity index (χ1n) is 6.14. The summed E-state index contributed by atoms with van der Waals surface area (Å²) in [5.41, 5.74) is 1.23. The summed E-state index contributed by atoms with van der Waals surface area (Å²) in [6.07, 6.45) is 0.946. The largest absolute Gasteiger partial charge is 0.490 e. The third-order valence-electron chi connectivity index (χ3n) is 3.47. The molecule has 0 amide bonds. The number of benzene rings is 1. The molecule has 4 nitrogen and oxygen atoms in total. The molecule has 4 heteroatoms. The fourth-order valence-electron chi connectivity index (χ4n) is 2.34. The van der Waals surface area contributed by atoms with Gasteiger partial charge in [-0.1, -0.05) is 6.07 Å². The Morgan fingerprint density at radius 1 is 1.18 bits per heavy atom. The number of hydrogen-bond acceptors (Lipinski definition) is 4. The summed E-state index contributed by atoms with van der Waals surface area (Å²) >= 11 is 0. The Labute approximate surface area is 101 Å². The van der Waals surface area contributed by atoms with Crippen molar-refractivity contribution in [3.8, 4) is 11.5 Å². The normalized spacial score (nSPS) is 27.8. The molecule has 2 aliphatic rings. The molecule has 0 saturated carbocycles. The molecule has 92 valence electrons. The van der Waals surface area contributed by atoms with Crippen LogP contribution in [-0.4, -0.2) is 26.4 Å². The minimum atomic E-state index is -0.00923. The zero-order chi connectivity index (χ0) is 11.7. The van der Waals surface area contributed by atoms with Crippen molar-refractivity contribution >= 4 is 0 Å². The molecule has 0 spiro atoms. The van der Waals surface area contributed by atoms with Crippen LogP contribution in [0.4, 0.5) is 0 Å². The van der Waals surface area contributed by atoms with Gasteiger partial charge < -0.3 is 14.8 Å². The van der Waals surface area contributed by atoms with Crippen LogP contribution in [0.25, 0.3) is 0 Å². The monoisotopic (exact) mass is 234 g/mol. The van der Waals surface area contributed by atoms with Crippen molar-refractivity contribution in [3.05, 3.63) is 23.8 Å². The molecule has 2 N–H and O–H groups in total. The highest BCUT2D eigenvalue weighted by molar-refractivity contribution is 5.45. The first kappa shape index (κ1) is 10.9. The summed E-state index contributed by atoms with van der Waals surface area (Å²) < 4.78 is 11.4. The Bertz CT molecular complexity index is 414. The van der Waals surface area contributed by atoms with Crippen molar-refractivity contribution in [2.75, 3.05) is 26.4 Å². The highest BCUT2D eigenvalue weighted by Gasteiger charge is 2.30. The van der Waals surface area contributed by atoms with Gasteiger partial charge in [0.1, 0.15) is 0 Å². The summed E-state index contributed by atoms with van der Waals surface area (Å²) in [5.74, 6) is 1.73. The molecular weight excluding hydrogens is 216 g/mol. The van der Waals surface area contributed by atoms with Gasteiger partial charge in [0.15, 0.2) is 11.5 Å². The summed E-state index contributed by atoms with van der Waals surface area (Å²) in [7, 11) is 0. The molecule has 2 heterocycles. The zero-order valence-corrected chi connectivity index (χ0v) is 10.1. The molecule has 1 unspecified atom stereocenters. The van der Waals surface area contributed by atoms with Gasteiger partial charge in [0.2, 0.25) is 0 Å². The molecule has 3 rings (SSSR count). The minimum absolute atomic E-state index is 0.00923. The second-order valence-electron chi connectivity index (χ2n) is 4.82. The highest BCUT2D eigenvalue weighted by Crippen LogP contribution is 2.34. The summed E-state index contributed by atoms with van der Waals surface area (Å²) in [6.45, 7) is 5.46. The third kappa shape index (κ3) is 1.98. The van der Waals surface area contributed by atoms with E-state index in [2.05, 4.69) is 29.7 Å². The number of hydrogen-bond donors (Lipinski definition) is 2. The second kappa shape index (κ2) is 4.20. The smallest absolute Gasteiger partial charge is 0.161 e. The van der Waals surface area contributed by atoms with Gasteiger partial charge in [0.25, 0.3) is 0 Å². The van der Waals surface area contributed by atoms with E-state index in [1.54, 1.807) is 0 Å². The van der Waals surface area contributed by atoms with E-state index in [4.69, 9.17) is 9.47 Å². The number of fused-ring (bicyclic) bond motifs is 1. The fourth-order valence-corrected chi connectivity index (χ4v) is 2.34. The fraction of sp³-hybridized carbons (Fsp3) is 0.538. The maximum absolute atomic E-state index is 5.72. The van der Waals surface area contributed by atoms with E-state index in [0.29, 0.717) is 0 Å². The van der Waals surface area contributed by atoms with E-state index in [1.165, 1.54) is 5.56 Å². The Kier molecular flexibility index (Phi) is 2.68. The molecule has 1 saturated heterocycles. The van der Waals surface area contributed by atoms with E-state index in [1.807, 2.05) is 6.07 Å². The van der Waals surface area contributed by atoms with Gasteiger partial charge in [0.05, 0.1) is 18.8 Å². The van der Waals surface area contributed by atoms with Gasteiger partial charge in [-0.15, -0.1) is 0 Å². The van der Waals surface area contributed by atoms with Crippen molar-refractivity contribution in [2.45, 2.75) is 18.9 Å². The lowest BCUT2D eigenvalue weighted by Gasteiger charge is -2.24. The van der Waals surface area contributed by atoms with Crippen LogP contribution in [0.1, 0.15) is 18.9 Å². The molecule has 2 aliphatic heterocycles. The van der Waals surface area contributed by atoms with Crippen molar-refractivity contribution < 1.29 is 9.47 Å². The van der Waals surface area contributed by atoms with Crippen LogP contribution in [0.15, 0.2) is 18.2 Å². The SMILES string of the molecule is CC1(c2ccc3c(c2)OCCCO3)CNCN1. The number of nitrogens with one attached hydrogen (secondary N) is 2. The van der Waals surface area contributed by atoms with Gasteiger partial charge in [-0.25, -0.2) is 0 Å². The molecule has 17 heavy (non-hydrogen) atoms. The van der Waals surface area contributed by atoms with Crippen LogP contribution < -0.4 is 20.1 Å². The topological polar surface area (TPSA) is 42.5 Å². The molecule has 0 aliphatic carbocycles. The summed E-state index contributed by atoms with van der Waals surface area (Å²) in [5, 5.41) is 6.78. The Morgan fingerprint density at radius 3 is 2.76 bits per heavy atom. The predicted molar refractivity (Wildman–Crippen MR) is 65.4 cm³/mol. The Hall–Kier alpha value is -1.26. The van der Waals surface area contributed by atoms with Crippen molar-refractivity contribution in [1.82, 2.24) is 10.6 Å². The molecular formula is C13H18N2O2. The lowest BCUT2D eigenvalue weighted by molar-refractivity contribution is 0.296. The van der Waals surface area contributed by atoms with Crippen molar-refractivity contribution in [2.24, 2.45) is 0 Å². The first-order valence-corrected chi connectivity index (χ1v) is 6.14. The summed E-state index contributed by atoms with van der Waals surface area (Å²) in [4.78, 5) is 0. The van der Waals surface area contributed by atoms with E-state index >= 15 is 0 Å². The lowest BCUT2D eigenvalue weighted by Crippen LogP contribution is -2.35. The Balaban J connectivity index is 1.94. The number of ether oxygens (including phenoxy) is 2. The summed E-state index contributed by atoms with van der Waals surface area (Å²) in [6, 6.07) is 6.23. The van der Waals surface area contributed by atoms with Crippen LogP contribution in [0.2, 0.25) is 0 Å². The lowest BCUT2D eigenvalue weighted by atomic mass is 9.93. The predicted octanol–water partition coefficient (Wildman–Crippen LogP) is 1.21. The van der Waals surface area contributed by atoms with Crippen LogP contribution in [0.5, 0.6) is 11.5 Å². The maximum atomic E-state index is 5.72. The van der Waals surface area contributed by atoms with E-state index in [0.717, 1.165) is 44.3 Å². The van der Waals surface area contributed by atoms with Gasteiger partial charge in [-0.3, -0.25) is 5.32 Å². The second-order valence-corrected chi connectivity index (χ2v) is 4.82. The standard InChI is InChI=1S/C13H18N2O2/c1-13(8-14-9-15-13)10-3-4-11-12(7-10)17-6-2-5-16-11/h3-4,7,14-15H,2,5-6,8-9H2,1H3. The average Bonchev–Trinajstić information content (AvgIpc) is 2.65. The van der Waals surface area contributed by atoms with Gasteiger partial charge >= 0.3 is 0 Å². The van der Waals surface area contributed by atoms with Crippen LogP contribution in [0.3, 0.4) is 0 Å². The third-order valence-corrected chi connectivity index (χ3v) is 3.47. The zero-order valence-electron chi connectivity index (χ0n) is 10.1. The van der Waals surface area contributed by atoms with E-state index in [9.17, 15) is 0 Å². The van der Waals surface area contributed by atoms with Crippen LogP contribution >= 0.6 is 0 Å². The quantitative estimate of drug-likeness (QED) is 0.766. The first-order chi connectivity index (χ1) is 8.28. The molecule has 1 aromatic carbocycles. The van der Waals surface area contributed by atoms with E-state index < -0.39 is 0 Å². The molecule has 0 aromatic heterocycles. The maximum Gasteiger partial charge on any atom is 0.161 e. The van der Waals surface area contributed by atoms with Crippen LogP contribution in [0, 0.1) is 0 Å². The van der Waals surface area contributed by atoms with Crippen molar-refractivity contribution in [1.29, 1.82) is 0 Å². The highest BCUT2D eigenvalue weighted by atomic mass is 16.5. The molecule has 1 fully saturated rings. The van der Waals surface area contributed by atoms with Gasteiger partial charge in [0, 0.05) is 19.6 Å². The Morgan fingerprint density at radius 2 is 2.00 bits per heavy atom. The molecule has 0 bridgehead atoms. The average molecular weight is 234 g/mol. The molecule has 1 aromatic rings. The number of rotatable bonds is 1. The van der Waals surface area contributed by atoms with Gasteiger partial charge in [-0.05, 0) is 24.6 Å². The van der Waals surface area contributed by atoms with E-state index in [-0.39, 0.29) is 5.54 Å². The molecule has 1 atom stereocenters. The van der Waals surface area contributed by atoms with Crippen LogP contribution in [-0.2, 0) is 5.54 Å². The van der Waals surface area contributed by atoms with Crippen molar-refractivity contribution in [3.63, 3.8) is 0 Å². The van der Waals surface area contributed by atoms with Gasteiger partial charge in [-0.2, -0.15) is 0 Å². The molecule has 0 radical (unpaired) electrons.